The highest BCUT2D eigenvalue weighted by atomic mass is 79.9. The minimum absolute atomic E-state index is 0.107. The van der Waals surface area contributed by atoms with Crippen LogP contribution in [0.15, 0.2) is 77.8 Å². The van der Waals surface area contributed by atoms with Crippen molar-refractivity contribution in [1.29, 1.82) is 0 Å². The van der Waals surface area contributed by atoms with Crippen molar-refractivity contribution in [2.45, 2.75) is 92.9 Å². The lowest BCUT2D eigenvalue weighted by Crippen LogP contribution is -2.56. The Kier molecular flexibility index (Phi) is 22.6. The van der Waals surface area contributed by atoms with Gasteiger partial charge in [0.15, 0.2) is 0 Å². The van der Waals surface area contributed by atoms with Crippen LogP contribution in [0.25, 0.3) is 0 Å². The SMILES string of the molecule is C/C=C(\C)Br.C=CCC.CC.CC.CC1C(CCC(O)c2ccc(F)cc2)ON1c1ccccc1. The zero-order chi connectivity index (χ0) is 27.2. The van der Waals surface area contributed by atoms with Gasteiger partial charge >= 0.3 is 0 Å². The van der Waals surface area contributed by atoms with Crippen LogP contribution in [-0.2, 0) is 4.84 Å². The molecule has 0 aliphatic carbocycles. The average Bonchev–Trinajstić information content (AvgIpc) is 2.91. The number of rotatable bonds is 6. The second-order valence-corrected chi connectivity index (χ2v) is 8.51. The zero-order valence-electron chi connectivity index (χ0n) is 23.0. The van der Waals surface area contributed by atoms with Crippen molar-refractivity contribution in [3.05, 3.63) is 89.2 Å². The molecule has 3 unspecified atom stereocenters. The summed E-state index contributed by atoms with van der Waals surface area (Å²) in [4.78, 5) is 5.81. The third-order valence-corrected chi connectivity index (χ3v) is 5.29. The van der Waals surface area contributed by atoms with Gasteiger partial charge in [0.05, 0.1) is 17.8 Å². The molecule has 1 N–H and O–H groups in total. The molecule has 1 fully saturated rings. The van der Waals surface area contributed by atoms with Gasteiger partial charge in [0.25, 0.3) is 0 Å². The fourth-order valence-electron chi connectivity index (χ4n) is 2.76. The zero-order valence-corrected chi connectivity index (χ0v) is 24.6. The molecule has 3 nitrogen and oxygen atoms in total. The van der Waals surface area contributed by atoms with E-state index in [1.165, 1.54) is 16.6 Å². The second-order valence-electron chi connectivity index (χ2n) is 7.26. The lowest BCUT2D eigenvalue weighted by atomic mass is 9.98. The summed E-state index contributed by atoms with van der Waals surface area (Å²) in [7, 11) is 0. The van der Waals surface area contributed by atoms with Gasteiger partial charge in [0.2, 0.25) is 0 Å². The number of aliphatic hydroxyl groups is 1. The predicted molar refractivity (Wildman–Crippen MR) is 155 cm³/mol. The van der Waals surface area contributed by atoms with Gasteiger partial charge in [-0.3, -0.25) is 4.84 Å². The topological polar surface area (TPSA) is 32.7 Å². The second kappa shape index (κ2) is 22.5. The summed E-state index contributed by atoms with van der Waals surface area (Å²) in [5, 5.41) is 12.1. The van der Waals surface area contributed by atoms with Crippen LogP contribution in [-0.4, -0.2) is 17.3 Å². The number of allylic oxidation sites excluding steroid dienone is 3. The van der Waals surface area contributed by atoms with Crippen molar-refractivity contribution < 1.29 is 14.3 Å². The number of nitrogens with zero attached hydrogens (tertiary/aromatic N) is 1. The summed E-state index contributed by atoms with van der Waals surface area (Å²) >= 11 is 3.23. The van der Waals surface area contributed by atoms with Crippen molar-refractivity contribution in [2.24, 2.45) is 0 Å². The van der Waals surface area contributed by atoms with E-state index in [2.05, 4.69) is 36.4 Å². The molecule has 0 saturated carbocycles. The summed E-state index contributed by atoms with van der Waals surface area (Å²) in [5.74, 6) is -0.287. The molecule has 1 saturated heterocycles. The molecular formula is C30H47BrFNO2. The smallest absolute Gasteiger partial charge is 0.123 e. The third-order valence-electron chi connectivity index (χ3n) is 4.83. The largest absolute Gasteiger partial charge is 0.388 e. The van der Waals surface area contributed by atoms with E-state index < -0.39 is 6.10 Å². The van der Waals surface area contributed by atoms with Gasteiger partial charge in [-0.15, -0.1) is 6.58 Å². The van der Waals surface area contributed by atoms with E-state index >= 15 is 0 Å². The first-order chi connectivity index (χ1) is 16.8. The first-order valence-electron chi connectivity index (χ1n) is 12.7. The maximum atomic E-state index is 12.9. The van der Waals surface area contributed by atoms with E-state index in [9.17, 15) is 9.50 Å². The molecule has 0 amide bonds. The molecule has 0 bridgehead atoms. The molecule has 2 aromatic carbocycles. The molecule has 5 heteroatoms. The number of anilines is 1. The fraction of sp³-hybridized carbons (Fsp3) is 0.467. The number of benzene rings is 2. The molecule has 1 aliphatic rings. The first-order valence-corrected chi connectivity index (χ1v) is 13.5. The lowest BCUT2D eigenvalue weighted by Gasteiger charge is -2.46. The van der Waals surface area contributed by atoms with Gasteiger partial charge in [-0.2, -0.15) is 0 Å². The van der Waals surface area contributed by atoms with Gasteiger partial charge in [-0.25, -0.2) is 9.45 Å². The van der Waals surface area contributed by atoms with Crippen LogP contribution >= 0.6 is 15.9 Å². The van der Waals surface area contributed by atoms with E-state index in [1.807, 2.05) is 89.1 Å². The summed E-state index contributed by atoms with van der Waals surface area (Å²) in [5.41, 5.74) is 1.79. The quantitative estimate of drug-likeness (QED) is 0.362. The Bertz CT molecular complexity index is 777. The van der Waals surface area contributed by atoms with Gasteiger partial charge in [0, 0.05) is 0 Å². The van der Waals surface area contributed by atoms with Crippen molar-refractivity contribution in [3.8, 4) is 0 Å². The van der Waals surface area contributed by atoms with Crippen LogP contribution in [0.3, 0.4) is 0 Å². The Hall–Kier alpha value is -1.95. The number of halogens is 2. The molecule has 35 heavy (non-hydrogen) atoms. The predicted octanol–water partition coefficient (Wildman–Crippen LogP) is 9.79. The van der Waals surface area contributed by atoms with Crippen LogP contribution in [0.2, 0.25) is 0 Å². The van der Waals surface area contributed by atoms with E-state index in [1.54, 1.807) is 12.1 Å². The van der Waals surface area contributed by atoms with E-state index in [-0.39, 0.29) is 18.0 Å². The van der Waals surface area contributed by atoms with Gasteiger partial charge in [-0.05, 0) is 74.3 Å². The number of para-hydroxylation sites is 1. The molecule has 3 rings (SSSR count). The van der Waals surface area contributed by atoms with E-state index in [0.29, 0.717) is 6.42 Å². The van der Waals surface area contributed by atoms with Crippen molar-refractivity contribution in [1.82, 2.24) is 0 Å². The van der Waals surface area contributed by atoms with Crippen LogP contribution in [0.4, 0.5) is 10.1 Å². The summed E-state index contributed by atoms with van der Waals surface area (Å²) in [6.45, 7) is 19.6. The molecule has 1 aliphatic heterocycles. The summed E-state index contributed by atoms with van der Waals surface area (Å²) in [6, 6.07) is 16.3. The molecule has 2 aromatic rings. The summed E-state index contributed by atoms with van der Waals surface area (Å²) in [6.07, 6.45) is 5.85. The van der Waals surface area contributed by atoms with Gasteiger partial charge in [0.1, 0.15) is 11.9 Å². The van der Waals surface area contributed by atoms with Crippen molar-refractivity contribution in [3.63, 3.8) is 0 Å². The molecule has 0 spiro atoms. The third kappa shape index (κ3) is 14.9. The highest BCUT2D eigenvalue weighted by molar-refractivity contribution is 9.11. The monoisotopic (exact) mass is 551 g/mol. The molecular weight excluding hydrogens is 505 g/mol. The van der Waals surface area contributed by atoms with Gasteiger partial charge in [-0.1, -0.05) is 93.0 Å². The Morgan fingerprint density at radius 1 is 1.11 bits per heavy atom. The molecule has 3 atom stereocenters. The normalized spacial score (nSPS) is 16.8. The van der Waals surface area contributed by atoms with Crippen LogP contribution < -0.4 is 5.06 Å². The number of hydrogen-bond acceptors (Lipinski definition) is 3. The minimum Gasteiger partial charge on any atom is -0.388 e. The number of hydroxylamine groups is 1. The standard InChI is InChI=1S/C18H20FNO2.C4H7Br.C4H8.2C2H6/c1-13-18(22-20(13)16-5-3-2-4-6-16)12-11-17(21)14-7-9-15(19)10-8-14;1-3-4(2)5;1-3-4-2;2*1-2/h2-10,13,17-18,21H,11-12H2,1H3;3H,1-2H3;3H,1,4H2,2H3;2*1-2H3/b;4-3+;;;. The lowest BCUT2D eigenvalue weighted by molar-refractivity contribution is -0.104. The van der Waals surface area contributed by atoms with Crippen molar-refractivity contribution in [2.75, 3.05) is 5.06 Å². The Balaban J connectivity index is 0. The number of hydrogen-bond donors (Lipinski definition) is 1. The van der Waals surface area contributed by atoms with E-state index in [0.717, 1.165) is 24.1 Å². The molecule has 198 valence electrons. The van der Waals surface area contributed by atoms with Crippen LogP contribution in [0.5, 0.6) is 0 Å². The van der Waals surface area contributed by atoms with Crippen molar-refractivity contribution >= 4 is 21.6 Å². The van der Waals surface area contributed by atoms with Gasteiger partial charge < -0.3 is 5.11 Å². The highest BCUT2D eigenvalue weighted by Gasteiger charge is 2.37. The Labute approximate surface area is 222 Å². The maximum absolute atomic E-state index is 12.9. The number of aliphatic hydroxyl groups excluding tert-OH is 1. The summed E-state index contributed by atoms with van der Waals surface area (Å²) < 4.78 is 14.1. The minimum atomic E-state index is -0.581. The molecule has 0 aromatic heterocycles. The van der Waals surface area contributed by atoms with Crippen LogP contribution in [0.1, 0.15) is 86.3 Å². The fourth-order valence-corrected chi connectivity index (χ4v) is 2.76. The van der Waals surface area contributed by atoms with E-state index in [4.69, 9.17) is 4.84 Å². The average molecular weight is 553 g/mol. The molecule has 1 heterocycles. The van der Waals surface area contributed by atoms with Crippen LogP contribution in [0, 0.1) is 5.82 Å². The Morgan fingerprint density at radius 3 is 2.00 bits per heavy atom. The first kappa shape index (κ1) is 35.2. The molecule has 0 radical (unpaired) electrons. The Morgan fingerprint density at radius 2 is 1.60 bits per heavy atom. The highest BCUT2D eigenvalue weighted by Crippen LogP contribution is 2.33. The maximum Gasteiger partial charge on any atom is 0.123 e.